The molecule has 0 saturated heterocycles. The first kappa shape index (κ1) is 30.4. The molecule has 10 heteroatoms. The van der Waals surface area contributed by atoms with Crippen molar-refractivity contribution >= 4 is 75.9 Å². The molecule has 0 heterocycles. The van der Waals surface area contributed by atoms with E-state index in [9.17, 15) is 14.4 Å². The fourth-order valence-corrected chi connectivity index (χ4v) is 9.70. The van der Waals surface area contributed by atoms with E-state index in [0.717, 1.165) is 34.8 Å². The number of thioether (sulfide) groups is 5. The molecule has 0 bridgehead atoms. The quantitative estimate of drug-likeness (QED) is 0.202. The van der Waals surface area contributed by atoms with Gasteiger partial charge < -0.3 is 9.47 Å². The SMILES string of the molecule is CCSC(SCC)[C@H](SCC)[C@H](SCC)[C@H](OC(C)=O)[C@@H](CSC(C)=O)OC(C)=O. The Morgan fingerprint density at radius 3 is 1.57 bits per heavy atom. The van der Waals surface area contributed by atoms with Gasteiger partial charge in [-0.15, -0.1) is 23.5 Å². The zero-order valence-electron chi connectivity index (χ0n) is 19.0. The molecule has 5 nitrogen and oxygen atoms in total. The van der Waals surface area contributed by atoms with Gasteiger partial charge in [0, 0.05) is 31.8 Å². The normalized spacial score (nSPS) is 15.3. The van der Waals surface area contributed by atoms with Crippen LogP contribution in [0.4, 0.5) is 0 Å². The van der Waals surface area contributed by atoms with Gasteiger partial charge in [-0.3, -0.25) is 14.4 Å². The summed E-state index contributed by atoms with van der Waals surface area (Å²) in [5.41, 5.74) is 0. The van der Waals surface area contributed by atoms with Gasteiger partial charge in [-0.25, -0.2) is 0 Å². The maximum Gasteiger partial charge on any atom is 0.303 e. The Morgan fingerprint density at radius 2 is 1.17 bits per heavy atom. The summed E-state index contributed by atoms with van der Waals surface area (Å²) in [7, 11) is 0. The Morgan fingerprint density at radius 1 is 0.700 bits per heavy atom. The van der Waals surface area contributed by atoms with Crippen LogP contribution in [0.1, 0.15) is 48.5 Å². The summed E-state index contributed by atoms with van der Waals surface area (Å²) >= 11 is 8.50. The van der Waals surface area contributed by atoms with Crippen molar-refractivity contribution in [2.24, 2.45) is 0 Å². The number of rotatable bonds is 16. The molecule has 0 unspecified atom stereocenters. The zero-order chi connectivity index (χ0) is 23.1. The number of ether oxygens (including phenoxy) is 2. The van der Waals surface area contributed by atoms with Crippen molar-refractivity contribution in [3.05, 3.63) is 0 Å². The Hall–Kier alpha value is 0.360. The van der Waals surface area contributed by atoms with Crippen LogP contribution in [0.15, 0.2) is 0 Å². The predicted molar refractivity (Wildman–Crippen MR) is 138 cm³/mol. The molecule has 0 aliphatic carbocycles. The smallest absolute Gasteiger partial charge is 0.303 e. The molecule has 0 rings (SSSR count). The lowest BCUT2D eigenvalue weighted by Gasteiger charge is -2.38. The van der Waals surface area contributed by atoms with Gasteiger partial charge in [-0.05, 0) is 23.0 Å². The molecule has 0 aromatic heterocycles. The van der Waals surface area contributed by atoms with Crippen molar-refractivity contribution in [3.8, 4) is 0 Å². The molecule has 0 aliphatic rings. The molecule has 0 aliphatic heterocycles. The number of carbonyl (C=O) groups excluding carboxylic acids is 3. The lowest BCUT2D eigenvalue weighted by atomic mass is 10.1. The van der Waals surface area contributed by atoms with E-state index >= 15 is 0 Å². The van der Waals surface area contributed by atoms with E-state index in [2.05, 4.69) is 27.7 Å². The van der Waals surface area contributed by atoms with Crippen molar-refractivity contribution in [2.75, 3.05) is 28.8 Å². The fourth-order valence-electron chi connectivity index (χ4n) is 2.81. The minimum Gasteiger partial charge on any atom is -0.458 e. The largest absolute Gasteiger partial charge is 0.458 e. The molecule has 0 radical (unpaired) electrons. The average molecular weight is 517 g/mol. The fraction of sp³-hybridized carbons (Fsp3) is 0.850. The van der Waals surface area contributed by atoms with Gasteiger partial charge in [-0.1, -0.05) is 39.5 Å². The Labute approximate surface area is 203 Å². The molecule has 0 N–H and O–H groups in total. The van der Waals surface area contributed by atoms with Crippen molar-refractivity contribution in [1.82, 2.24) is 0 Å². The summed E-state index contributed by atoms with van der Waals surface area (Å²) in [5, 5.41) is 0.0669. The summed E-state index contributed by atoms with van der Waals surface area (Å²) in [5.74, 6) is 3.18. The highest BCUT2D eigenvalue weighted by Gasteiger charge is 2.42. The summed E-state index contributed by atoms with van der Waals surface area (Å²) in [6, 6.07) is 0. The third-order valence-corrected chi connectivity index (χ3v) is 10.4. The highest BCUT2D eigenvalue weighted by atomic mass is 32.2. The second-order valence-corrected chi connectivity index (χ2v) is 13.4. The number of hydrogen-bond donors (Lipinski definition) is 0. The molecule has 176 valence electrons. The number of esters is 2. The monoisotopic (exact) mass is 516 g/mol. The molecule has 0 fully saturated rings. The van der Waals surface area contributed by atoms with Gasteiger partial charge in [0.05, 0.1) is 9.83 Å². The minimum atomic E-state index is -0.678. The van der Waals surface area contributed by atoms with Crippen LogP contribution in [0.25, 0.3) is 0 Å². The van der Waals surface area contributed by atoms with E-state index in [1.807, 2.05) is 35.3 Å². The van der Waals surface area contributed by atoms with Crippen molar-refractivity contribution in [1.29, 1.82) is 0 Å². The highest BCUT2D eigenvalue weighted by Crippen LogP contribution is 2.41. The number of hydrogen-bond acceptors (Lipinski definition) is 10. The van der Waals surface area contributed by atoms with E-state index in [1.165, 1.54) is 20.8 Å². The first-order valence-electron chi connectivity index (χ1n) is 10.2. The second-order valence-electron chi connectivity index (χ2n) is 6.14. The van der Waals surface area contributed by atoms with Crippen LogP contribution < -0.4 is 0 Å². The van der Waals surface area contributed by atoms with Crippen molar-refractivity contribution < 1.29 is 23.9 Å². The van der Waals surface area contributed by atoms with Gasteiger partial charge in [0.2, 0.25) is 0 Å². The van der Waals surface area contributed by atoms with E-state index < -0.39 is 24.1 Å². The third-order valence-electron chi connectivity index (χ3n) is 3.73. The minimum absolute atomic E-state index is 0.0612. The van der Waals surface area contributed by atoms with Crippen molar-refractivity contribution in [2.45, 2.75) is 75.8 Å². The standard InChI is InChI=1S/C20H36O5S5/c1-8-26-18(19(27-9-2)20(28-10-3)29-11-4)17(25-14(6)22)16(24-13(5)21)12-30-15(7)23/h16-20H,8-12H2,1-7H3/t16-,17-,18-,19-/m1/s1. The zero-order valence-corrected chi connectivity index (χ0v) is 23.1. The van der Waals surface area contributed by atoms with E-state index in [-0.39, 0.29) is 21.4 Å². The average Bonchev–Trinajstić information content (AvgIpc) is 2.65. The van der Waals surface area contributed by atoms with Gasteiger partial charge in [0.1, 0.15) is 6.10 Å². The van der Waals surface area contributed by atoms with Crippen molar-refractivity contribution in [3.63, 3.8) is 0 Å². The van der Waals surface area contributed by atoms with Crippen LogP contribution in [0.5, 0.6) is 0 Å². The Kier molecular flexibility index (Phi) is 18.1. The Bertz CT molecular complexity index is 514. The maximum absolute atomic E-state index is 12.0. The lowest BCUT2D eigenvalue weighted by molar-refractivity contribution is -0.163. The second kappa shape index (κ2) is 17.9. The first-order chi connectivity index (χ1) is 14.2. The van der Waals surface area contributed by atoms with Gasteiger partial charge >= 0.3 is 11.9 Å². The molecular formula is C20H36O5S5. The summed E-state index contributed by atoms with van der Waals surface area (Å²) < 4.78 is 11.7. The summed E-state index contributed by atoms with van der Waals surface area (Å²) in [6.07, 6.45) is -1.30. The topological polar surface area (TPSA) is 69.7 Å². The van der Waals surface area contributed by atoms with E-state index in [0.29, 0.717) is 4.58 Å². The Balaban J connectivity index is 6.15. The molecule has 30 heavy (non-hydrogen) atoms. The molecular weight excluding hydrogens is 481 g/mol. The molecule has 0 aromatic rings. The van der Waals surface area contributed by atoms with Crippen LogP contribution in [0.2, 0.25) is 0 Å². The highest BCUT2D eigenvalue weighted by molar-refractivity contribution is 8.18. The molecule has 0 aromatic carbocycles. The van der Waals surface area contributed by atoms with Crippen LogP contribution in [0.3, 0.4) is 0 Å². The molecule has 0 saturated carbocycles. The van der Waals surface area contributed by atoms with Crippen LogP contribution >= 0.6 is 58.8 Å². The van der Waals surface area contributed by atoms with Crippen LogP contribution in [-0.2, 0) is 23.9 Å². The molecule has 0 spiro atoms. The van der Waals surface area contributed by atoms with Gasteiger partial charge in [0.25, 0.3) is 0 Å². The van der Waals surface area contributed by atoms with E-state index in [1.54, 1.807) is 11.8 Å². The predicted octanol–water partition coefficient (Wildman–Crippen LogP) is 5.21. The summed E-state index contributed by atoms with van der Waals surface area (Å²) in [4.78, 5) is 35.4. The van der Waals surface area contributed by atoms with Gasteiger partial charge in [0.15, 0.2) is 11.2 Å². The first-order valence-corrected chi connectivity index (χ1v) is 15.3. The van der Waals surface area contributed by atoms with E-state index in [4.69, 9.17) is 9.47 Å². The molecule has 4 atom stereocenters. The lowest BCUT2D eigenvalue weighted by Crippen LogP contribution is -2.49. The summed E-state index contributed by atoms with van der Waals surface area (Å²) in [6.45, 7) is 12.7. The molecule has 0 amide bonds. The number of carbonyl (C=O) groups is 3. The maximum atomic E-state index is 12.0. The van der Waals surface area contributed by atoms with Crippen LogP contribution in [-0.4, -0.2) is 73.1 Å². The van der Waals surface area contributed by atoms with Crippen LogP contribution in [0, 0.1) is 0 Å². The third kappa shape index (κ3) is 12.4. The van der Waals surface area contributed by atoms with Gasteiger partial charge in [-0.2, -0.15) is 23.5 Å².